The second-order valence-electron chi connectivity index (χ2n) is 7.02. The lowest BCUT2D eigenvalue weighted by Crippen LogP contribution is -2.30. The summed E-state index contributed by atoms with van der Waals surface area (Å²) in [7, 11) is 0. The molecule has 2 nitrogen and oxygen atoms in total. The number of fused-ring (bicyclic) bond motifs is 1. The average molecular weight is 415 g/mol. The molecule has 0 aliphatic carbocycles. The number of aryl methyl sites for hydroxylation is 1. The number of benzene rings is 3. The summed E-state index contributed by atoms with van der Waals surface area (Å²) in [5, 5.41) is 0.958. The normalized spacial score (nSPS) is 15.9. The van der Waals surface area contributed by atoms with Crippen LogP contribution in [0.2, 0.25) is 10.0 Å². The zero-order valence-corrected chi connectivity index (χ0v) is 16.6. The van der Waals surface area contributed by atoms with Crippen molar-refractivity contribution in [2.45, 2.75) is 13.3 Å². The first kappa shape index (κ1) is 19.0. The number of carbonyl (C=O) groups excluding carboxylic acids is 1. The van der Waals surface area contributed by atoms with Gasteiger partial charge in [-0.3, -0.25) is 4.79 Å². The van der Waals surface area contributed by atoms with Crippen LogP contribution < -0.4 is 4.74 Å². The van der Waals surface area contributed by atoms with E-state index in [0.29, 0.717) is 27.8 Å². The van der Waals surface area contributed by atoms with E-state index >= 15 is 0 Å². The molecule has 0 saturated heterocycles. The largest absolute Gasteiger partial charge is 0.491 e. The predicted octanol–water partition coefficient (Wildman–Crippen LogP) is 6.54. The number of hydrogen-bond donors (Lipinski definition) is 0. The van der Waals surface area contributed by atoms with Crippen molar-refractivity contribution in [1.29, 1.82) is 0 Å². The third kappa shape index (κ3) is 3.65. The zero-order valence-electron chi connectivity index (χ0n) is 15.1. The molecule has 0 fully saturated rings. The Morgan fingerprint density at radius 3 is 2.43 bits per heavy atom. The number of halogens is 3. The average Bonchev–Trinajstić information content (AvgIpc) is 2.67. The van der Waals surface area contributed by atoms with E-state index in [2.05, 4.69) is 0 Å². The molecule has 1 unspecified atom stereocenters. The highest BCUT2D eigenvalue weighted by atomic mass is 35.5. The SMILES string of the molecule is Cc1cc2c(c(-c3ccc(F)cc3)c1)OCC(Cc1ccc(Cl)c(Cl)c1)C2=O. The molecule has 0 spiro atoms. The van der Waals surface area contributed by atoms with Crippen LogP contribution in [0.1, 0.15) is 21.5 Å². The van der Waals surface area contributed by atoms with Crippen molar-refractivity contribution in [2.75, 3.05) is 6.61 Å². The number of Topliss-reactive ketones (excluding diaryl/α,β-unsaturated/α-hetero) is 1. The fourth-order valence-corrected chi connectivity index (χ4v) is 3.86. The number of ether oxygens (including phenoxy) is 1. The highest BCUT2D eigenvalue weighted by molar-refractivity contribution is 6.42. The van der Waals surface area contributed by atoms with Crippen molar-refractivity contribution in [3.8, 4) is 16.9 Å². The lowest BCUT2D eigenvalue weighted by Gasteiger charge is -2.27. The molecule has 0 N–H and O–H groups in total. The fraction of sp³-hybridized carbons (Fsp3) is 0.174. The predicted molar refractivity (Wildman–Crippen MR) is 110 cm³/mol. The summed E-state index contributed by atoms with van der Waals surface area (Å²) < 4.78 is 19.3. The Labute approximate surface area is 172 Å². The Bertz CT molecular complexity index is 1060. The Morgan fingerprint density at radius 1 is 1.00 bits per heavy atom. The van der Waals surface area contributed by atoms with Gasteiger partial charge >= 0.3 is 0 Å². The monoisotopic (exact) mass is 414 g/mol. The van der Waals surface area contributed by atoms with Crippen LogP contribution in [-0.4, -0.2) is 12.4 Å². The van der Waals surface area contributed by atoms with Gasteiger partial charge in [0.25, 0.3) is 0 Å². The minimum atomic E-state index is -0.302. The molecular weight excluding hydrogens is 398 g/mol. The number of rotatable bonds is 3. The highest BCUT2D eigenvalue weighted by Crippen LogP contribution is 2.39. The van der Waals surface area contributed by atoms with Crippen LogP contribution in [-0.2, 0) is 6.42 Å². The molecule has 1 aliphatic heterocycles. The summed E-state index contributed by atoms with van der Waals surface area (Å²) in [6, 6.07) is 15.4. The first-order chi connectivity index (χ1) is 13.4. The van der Waals surface area contributed by atoms with Crippen molar-refractivity contribution in [2.24, 2.45) is 5.92 Å². The van der Waals surface area contributed by atoms with Gasteiger partial charge in [0.15, 0.2) is 5.78 Å². The molecule has 1 aliphatic rings. The van der Waals surface area contributed by atoms with Gasteiger partial charge < -0.3 is 4.74 Å². The van der Waals surface area contributed by atoms with Crippen LogP contribution in [0.25, 0.3) is 11.1 Å². The minimum absolute atomic E-state index is 0.0411. The maximum absolute atomic E-state index is 13.3. The molecule has 0 aromatic heterocycles. The molecule has 3 aromatic rings. The number of hydrogen-bond acceptors (Lipinski definition) is 2. The van der Waals surface area contributed by atoms with Crippen molar-refractivity contribution in [3.63, 3.8) is 0 Å². The van der Waals surface area contributed by atoms with Crippen LogP contribution >= 0.6 is 23.2 Å². The maximum Gasteiger partial charge on any atom is 0.173 e. The summed E-state index contributed by atoms with van der Waals surface area (Å²) in [5.41, 5.74) is 4.07. The molecule has 0 radical (unpaired) electrons. The van der Waals surface area contributed by atoms with E-state index in [0.717, 1.165) is 22.3 Å². The summed E-state index contributed by atoms with van der Waals surface area (Å²) in [5.74, 6) is 0.00328. The van der Waals surface area contributed by atoms with Gasteiger partial charge in [-0.25, -0.2) is 4.39 Å². The fourth-order valence-electron chi connectivity index (χ4n) is 3.54. The summed E-state index contributed by atoms with van der Waals surface area (Å²) >= 11 is 12.1. The highest BCUT2D eigenvalue weighted by Gasteiger charge is 2.31. The zero-order chi connectivity index (χ0) is 19.8. The van der Waals surface area contributed by atoms with Crippen LogP contribution in [0.4, 0.5) is 4.39 Å². The van der Waals surface area contributed by atoms with E-state index < -0.39 is 0 Å². The molecule has 0 saturated carbocycles. The van der Waals surface area contributed by atoms with Gasteiger partial charge in [0.05, 0.1) is 28.1 Å². The third-order valence-corrected chi connectivity index (χ3v) is 5.66. The standard InChI is InChI=1S/C23H17Cl2FO2/c1-13-8-18(15-3-5-17(26)6-4-15)23-19(9-13)22(27)16(12-28-23)10-14-2-7-20(24)21(25)11-14/h2-9,11,16H,10,12H2,1H3. The Morgan fingerprint density at radius 2 is 1.71 bits per heavy atom. The van der Waals surface area contributed by atoms with Gasteiger partial charge in [0, 0.05) is 5.56 Å². The Balaban J connectivity index is 1.68. The van der Waals surface area contributed by atoms with Gasteiger partial charge in [-0.2, -0.15) is 0 Å². The summed E-state index contributed by atoms with van der Waals surface area (Å²) in [6.07, 6.45) is 0.523. The van der Waals surface area contributed by atoms with E-state index in [1.54, 1.807) is 24.3 Å². The second-order valence-corrected chi connectivity index (χ2v) is 7.84. The molecule has 4 rings (SSSR count). The summed E-state index contributed by atoms with van der Waals surface area (Å²) in [4.78, 5) is 13.2. The molecule has 5 heteroatoms. The number of carbonyl (C=O) groups is 1. The van der Waals surface area contributed by atoms with Crippen molar-refractivity contribution in [3.05, 3.63) is 87.2 Å². The third-order valence-electron chi connectivity index (χ3n) is 4.92. The first-order valence-corrected chi connectivity index (χ1v) is 9.69. The van der Waals surface area contributed by atoms with E-state index in [1.165, 1.54) is 12.1 Å². The second kappa shape index (κ2) is 7.57. The minimum Gasteiger partial charge on any atom is -0.491 e. The lowest BCUT2D eigenvalue weighted by molar-refractivity contribution is 0.0831. The maximum atomic E-state index is 13.3. The van der Waals surface area contributed by atoms with Crippen LogP contribution in [0.5, 0.6) is 5.75 Å². The van der Waals surface area contributed by atoms with Gasteiger partial charge in [0.2, 0.25) is 0 Å². The Hall–Kier alpha value is -2.36. The van der Waals surface area contributed by atoms with Gasteiger partial charge in [-0.05, 0) is 66.4 Å². The van der Waals surface area contributed by atoms with Gasteiger partial charge in [-0.15, -0.1) is 0 Å². The van der Waals surface area contributed by atoms with E-state index in [-0.39, 0.29) is 24.1 Å². The van der Waals surface area contributed by atoms with Crippen LogP contribution in [0, 0.1) is 18.7 Å². The van der Waals surface area contributed by atoms with E-state index in [4.69, 9.17) is 27.9 Å². The van der Waals surface area contributed by atoms with Crippen molar-refractivity contribution >= 4 is 29.0 Å². The quantitative estimate of drug-likeness (QED) is 0.486. The Kier molecular flexibility index (Phi) is 5.13. The molecule has 0 bridgehead atoms. The van der Waals surface area contributed by atoms with Crippen molar-refractivity contribution in [1.82, 2.24) is 0 Å². The lowest BCUT2D eigenvalue weighted by atomic mass is 9.86. The molecule has 0 amide bonds. The molecule has 28 heavy (non-hydrogen) atoms. The smallest absolute Gasteiger partial charge is 0.173 e. The van der Waals surface area contributed by atoms with E-state index in [9.17, 15) is 9.18 Å². The molecule has 1 heterocycles. The topological polar surface area (TPSA) is 26.3 Å². The number of ketones is 1. The van der Waals surface area contributed by atoms with Crippen LogP contribution in [0.3, 0.4) is 0 Å². The van der Waals surface area contributed by atoms with Gasteiger partial charge in [-0.1, -0.05) is 41.4 Å². The summed E-state index contributed by atoms with van der Waals surface area (Å²) in [6.45, 7) is 2.21. The first-order valence-electron chi connectivity index (χ1n) is 8.94. The molecule has 3 aromatic carbocycles. The van der Waals surface area contributed by atoms with Crippen molar-refractivity contribution < 1.29 is 13.9 Å². The molecule has 142 valence electrons. The van der Waals surface area contributed by atoms with Gasteiger partial charge in [0.1, 0.15) is 11.6 Å². The molecule has 1 atom stereocenters. The molecular formula is C23H17Cl2FO2. The van der Waals surface area contributed by atoms with Crippen LogP contribution in [0.15, 0.2) is 54.6 Å². The van der Waals surface area contributed by atoms with E-state index in [1.807, 2.05) is 25.1 Å².